The van der Waals surface area contributed by atoms with E-state index in [-0.39, 0.29) is 17.5 Å². The van der Waals surface area contributed by atoms with Crippen LogP contribution in [0.5, 0.6) is 0 Å². The average Bonchev–Trinajstić information content (AvgIpc) is 2.80. The molecule has 0 aromatic heterocycles. The summed E-state index contributed by atoms with van der Waals surface area (Å²) >= 11 is 0. The molecule has 0 spiro atoms. The summed E-state index contributed by atoms with van der Waals surface area (Å²) in [6.07, 6.45) is 3.53. The molecule has 1 aromatic rings. The van der Waals surface area contributed by atoms with E-state index in [1.807, 2.05) is 0 Å². The number of halogens is 1. The number of hydrogen-bond acceptors (Lipinski definition) is 2. The second-order valence-electron chi connectivity index (χ2n) is 4.80. The maximum absolute atomic E-state index is 12.7. The van der Waals surface area contributed by atoms with E-state index in [0.29, 0.717) is 18.9 Å². The number of carbonyl (C=O) groups is 1. The molecule has 3 heteroatoms. The molecule has 1 aromatic carbocycles. The molecule has 2 nitrogen and oxygen atoms in total. The van der Waals surface area contributed by atoms with E-state index in [2.05, 4.69) is 0 Å². The van der Waals surface area contributed by atoms with Crippen molar-refractivity contribution in [2.45, 2.75) is 25.7 Å². The monoisotopic (exact) mass is 235 g/mol. The molecule has 92 valence electrons. The van der Waals surface area contributed by atoms with E-state index in [1.54, 1.807) is 12.1 Å². The molecule has 2 atom stereocenters. The van der Waals surface area contributed by atoms with Crippen molar-refractivity contribution in [3.63, 3.8) is 0 Å². The standard InChI is InChI=1S/C14H18FNO/c15-12-6-4-10(5-7-12)8-14(17)13-3-1-2-11(13)9-16/h4-7,11,13H,1-3,8-9,16H2. The highest BCUT2D eigenvalue weighted by atomic mass is 19.1. The molecule has 2 rings (SSSR count). The highest BCUT2D eigenvalue weighted by Gasteiger charge is 2.31. The van der Waals surface area contributed by atoms with Crippen molar-refractivity contribution >= 4 is 5.78 Å². The van der Waals surface area contributed by atoms with Gasteiger partial charge in [-0.3, -0.25) is 4.79 Å². The highest BCUT2D eigenvalue weighted by Crippen LogP contribution is 2.32. The first kappa shape index (κ1) is 12.2. The van der Waals surface area contributed by atoms with Crippen LogP contribution in [-0.4, -0.2) is 12.3 Å². The number of rotatable bonds is 4. The molecule has 0 aliphatic heterocycles. The Hall–Kier alpha value is -1.22. The zero-order chi connectivity index (χ0) is 12.3. The molecule has 1 fully saturated rings. The minimum atomic E-state index is -0.262. The van der Waals surface area contributed by atoms with Gasteiger partial charge >= 0.3 is 0 Å². The van der Waals surface area contributed by atoms with Crippen LogP contribution in [0.25, 0.3) is 0 Å². The van der Waals surface area contributed by atoms with Crippen LogP contribution in [-0.2, 0) is 11.2 Å². The zero-order valence-corrected chi connectivity index (χ0v) is 9.86. The van der Waals surface area contributed by atoms with Crippen molar-refractivity contribution in [2.24, 2.45) is 17.6 Å². The third-order valence-corrected chi connectivity index (χ3v) is 3.67. The molecule has 1 aliphatic rings. The molecule has 0 radical (unpaired) electrons. The van der Waals surface area contributed by atoms with Gasteiger partial charge in [-0.05, 0) is 43.0 Å². The van der Waals surface area contributed by atoms with Gasteiger partial charge in [-0.15, -0.1) is 0 Å². The van der Waals surface area contributed by atoms with Gasteiger partial charge in [-0.1, -0.05) is 18.6 Å². The number of hydrogen-bond donors (Lipinski definition) is 1. The van der Waals surface area contributed by atoms with Crippen LogP contribution in [0.15, 0.2) is 24.3 Å². The quantitative estimate of drug-likeness (QED) is 0.870. The van der Waals surface area contributed by atoms with E-state index < -0.39 is 0 Å². The number of benzene rings is 1. The second-order valence-corrected chi connectivity index (χ2v) is 4.80. The Morgan fingerprint density at radius 1 is 1.29 bits per heavy atom. The summed E-state index contributed by atoms with van der Waals surface area (Å²) in [6.45, 7) is 0.597. The lowest BCUT2D eigenvalue weighted by Crippen LogP contribution is -2.26. The number of nitrogens with two attached hydrogens (primary N) is 1. The topological polar surface area (TPSA) is 43.1 Å². The van der Waals surface area contributed by atoms with Gasteiger partial charge in [0.25, 0.3) is 0 Å². The zero-order valence-electron chi connectivity index (χ0n) is 9.86. The normalized spacial score (nSPS) is 23.9. The van der Waals surface area contributed by atoms with Gasteiger partial charge in [0, 0.05) is 12.3 Å². The Morgan fingerprint density at radius 2 is 2.00 bits per heavy atom. The second kappa shape index (κ2) is 5.41. The predicted octanol–water partition coefficient (Wildman–Crippen LogP) is 2.31. The summed E-state index contributed by atoms with van der Waals surface area (Å²) in [4.78, 5) is 12.1. The molecule has 2 unspecified atom stereocenters. The van der Waals surface area contributed by atoms with Crippen LogP contribution in [0, 0.1) is 17.7 Å². The van der Waals surface area contributed by atoms with Crippen molar-refractivity contribution in [1.29, 1.82) is 0 Å². The van der Waals surface area contributed by atoms with Crippen LogP contribution in [0.4, 0.5) is 4.39 Å². The molecule has 0 saturated heterocycles. The number of ketones is 1. The fraction of sp³-hybridized carbons (Fsp3) is 0.500. The van der Waals surface area contributed by atoms with E-state index in [4.69, 9.17) is 5.73 Å². The third kappa shape index (κ3) is 2.91. The van der Waals surface area contributed by atoms with Gasteiger partial charge in [0.2, 0.25) is 0 Å². The van der Waals surface area contributed by atoms with Gasteiger partial charge in [-0.25, -0.2) is 4.39 Å². The van der Waals surface area contributed by atoms with Gasteiger partial charge in [0.15, 0.2) is 0 Å². The van der Waals surface area contributed by atoms with Crippen LogP contribution in [0.2, 0.25) is 0 Å². The van der Waals surface area contributed by atoms with Crippen molar-refractivity contribution in [2.75, 3.05) is 6.54 Å². The molecular weight excluding hydrogens is 217 g/mol. The summed E-state index contributed by atoms with van der Waals surface area (Å²) in [5.41, 5.74) is 6.56. The number of Topliss-reactive ketones (excluding diaryl/α,β-unsaturated/α-hetero) is 1. The molecular formula is C14H18FNO. The number of carbonyl (C=O) groups excluding carboxylic acids is 1. The summed E-state index contributed by atoms with van der Waals surface area (Å²) in [7, 11) is 0. The molecule has 2 N–H and O–H groups in total. The Bertz CT molecular complexity index is 388. The largest absolute Gasteiger partial charge is 0.330 e. The van der Waals surface area contributed by atoms with Gasteiger partial charge in [0.05, 0.1) is 0 Å². The molecule has 17 heavy (non-hydrogen) atoms. The van der Waals surface area contributed by atoms with Crippen LogP contribution < -0.4 is 5.73 Å². The van der Waals surface area contributed by atoms with E-state index >= 15 is 0 Å². The average molecular weight is 235 g/mol. The van der Waals surface area contributed by atoms with Crippen molar-refractivity contribution in [3.05, 3.63) is 35.6 Å². The van der Waals surface area contributed by atoms with Crippen molar-refractivity contribution < 1.29 is 9.18 Å². The first-order valence-corrected chi connectivity index (χ1v) is 6.18. The van der Waals surface area contributed by atoms with Crippen LogP contribution >= 0.6 is 0 Å². The minimum Gasteiger partial charge on any atom is -0.330 e. The molecule has 0 amide bonds. The lowest BCUT2D eigenvalue weighted by atomic mass is 9.89. The maximum atomic E-state index is 12.7. The summed E-state index contributed by atoms with van der Waals surface area (Å²) in [5, 5.41) is 0. The lowest BCUT2D eigenvalue weighted by molar-refractivity contribution is -0.123. The van der Waals surface area contributed by atoms with Crippen LogP contribution in [0.1, 0.15) is 24.8 Å². The first-order chi connectivity index (χ1) is 8.20. The fourth-order valence-electron chi connectivity index (χ4n) is 2.68. The summed E-state index contributed by atoms with van der Waals surface area (Å²) in [5.74, 6) is 0.458. The molecule has 0 heterocycles. The summed E-state index contributed by atoms with van der Waals surface area (Å²) < 4.78 is 12.7. The maximum Gasteiger partial charge on any atom is 0.140 e. The van der Waals surface area contributed by atoms with Gasteiger partial charge in [-0.2, -0.15) is 0 Å². The molecule has 0 bridgehead atoms. The summed E-state index contributed by atoms with van der Waals surface area (Å²) in [6, 6.07) is 6.16. The van der Waals surface area contributed by atoms with Gasteiger partial charge < -0.3 is 5.73 Å². The van der Waals surface area contributed by atoms with E-state index in [1.165, 1.54) is 12.1 Å². The predicted molar refractivity (Wildman–Crippen MR) is 65.0 cm³/mol. The van der Waals surface area contributed by atoms with E-state index in [0.717, 1.165) is 24.8 Å². The Labute approximate surface area is 101 Å². The van der Waals surface area contributed by atoms with Crippen LogP contribution in [0.3, 0.4) is 0 Å². The van der Waals surface area contributed by atoms with E-state index in [9.17, 15) is 9.18 Å². The first-order valence-electron chi connectivity index (χ1n) is 6.18. The third-order valence-electron chi connectivity index (χ3n) is 3.67. The molecule has 1 aliphatic carbocycles. The minimum absolute atomic E-state index is 0.116. The van der Waals surface area contributed by atoms with Gasteiger partial charge in [0.1, 0.15) is 11.6 Å². The molecule has 1 saturated carbocycles. The fourth-order valence-corrected chi connectivity index (χ4v) is 2.68. The highest BCUT2D eigenvalue weighted by molar-refractivity contribution is 5.83. The SMILES string of the molecule is NCC1CCCC1C(=O)Cc1ccc(F)cc1. The Morgan fingerprint density at radius 3 is 2.65 bits per heavy atom. The smallest absolute Gasteiger partial charge is 0.140 e. The Kier molecular flexibility index (Phi) is 3.89. The van der Waals surface area contributed by atoms with Crippen molar-refractivity contribution in [1.82, 2.24) is 0 Å². The Balaban J connectivity index is 1.99. The lowest BCUT2D eigenvalue weighted by Gasteiger charge is -2.16. The van der Waals surface area contributed by atoms with Crippen molar-refractivity contribution in [3.8, 4) is 0 Å².